The van der Waals surface area contributed by atoms with E-state index in [9.17, 15) is 4.21 Å². The van der Waals surface area contributed by atoms with Crippen molar-refractivity contribution in [1.29, 1.82) is 0 Å². The van der Waals surface area contributed by atoms with Gasteiger partial charge in [-0.3, -0.25) is 9.20 Å². The highest BCUT2D eigenvalue weighted by molar-refractivity contribution is 7.85. The lowest BCUT2D eigenvalue weighted by atomic mass is 9.98. The minimum absolute atomic E-state index is 0.0284. The molecule has 3 unspecified atom stereocenters. The highest BCUT2D eigenvalue weighted by Gasteiger charge is 2.25. The summed E-state index contributed by atoms with van der Waals surface area (Å²) in [7, 11) is 0.385. The maximum Gasteiger partial charge on any atom is 0.197 e. The number of aromatic amines is 1. The van der Waals surface area contributed by atoms with E-state index < -0.39 is 10.8 Å². The van der Waals surface area contributed by atoms with E-state index in [0.717, 1.165) is 22.4 Å². The summed E-state index contributed by atoms with van der Waals surface area (Å²) < 4.78 is 20.2. The fourth-order valence-electron chi connectivity index (χ4n) is 3.10. The maximum absolute atomic E-state index is 12.8. The van der Waals surface area contributed by atoms with Crippen LogP contribution in [0.15, 0.2) is 65.2 Å². The molecular weight excluding hydrogens is 348 g/mol. The average Bonchev–Trinajstić information content (AvgIpc) is 3.32. The molecule has 1 N–H and O–H groups in total. The lowest BCUT2D eigenvalue weighted by Gasteiger charge is -2.23. The van der Waals surface area contributed by atoms with Gasteiger partial charge in [0.25, 0.3) is 0 Å². The van der Waals surface area contributed by atoms with Crippen LogP contribution < -0.4 is 0 Å². The predicted octanol–water partition coefficient (Wildman–Crippen LogP) is 3.08. The first-order chi connectivity index (χ1) is 12.7. The molecule has 0 aliphatic carbocycles. The number of benzene rings is 1. The quantitative estimate of drug-likeness (QED) is 0.752. The molecule has 3 atom stereocenters. The third kappa shape index (κ3) is 3.15. The largest absolute Gasteiger partial charge is 0.377 e. The summed E-state index contributed by atoms with van der Waals surface area (Å²) in [6.45, 7) is 2.04. The molecule has 134 valence electrons. The Kier molecular flexibility index (Phi) is 4.57. The molecule has 1 aliphatic heterocycles. The van der Waals surface area contributed by atoms with E-state index in [1.165, 1.54) is 0 Å². The van der Waals surface area contributed by atoms with E-state index in [1.54, 1.807) is 13.3 Å². The van der Waals surface area contributed by atoms with Crippen LogP contribution >= 0.6 is 0 Å². The molecule has 3 heterocycles. The summed E-state index contributed by atoms with van der Waals surface area (Å²) in [6.07, 6.45) is 7.58. The molecule has 2 aromatic heterocycles. The zero-order chi connectivity index (χ0) is 18.1. The van der Waals surface area contributed by atoms with Gasteiger partial charge in [-0.2, -0.15) is 0 Å². The Balaban J connectivity index is 1.57. The van der Waals surface area contributed by atoms with Gasteiger partial charge in [-0.05, 0) is 36.4 Å². The first-order valence-electron chi connectivity index (χ1n) is 8.43. The van der Waals surface area contributed by atoms with Crippen LogP contribution in [0.1, 0.15) is 6.92 Å². The van der Waals surface area contributed by atoms with Crippen molar-refractivity contribution in [1.82, 2.24) is 14.5 Å². The third-order valence-electron chi connectivity index (χ3n) is 4.65. The molecule has 0 saturated heterocycles. The molecule has 3 aromatic rings. The number of nitrogens with one attached hydrogen (secondary N) is 1. The van der Waals surface area contributed by atoms with Crippen molar-refractivity contribution < 1.29 is 8.95 Å². The van der Waals surface area contributed by atoms with Crippen LogP contribution in [0.3, 0.4) is 0 Å². The van der Waals surface area contributed by atoms with Gasteiger partial charge in [0.05, 0.1) is 33.7 Å². The molecule has 0 saturated carbocycles. The van der Waals surface area contributed by atoms with E-state index in [0.29, 0.717) is 10.9 Å². The first-order valence-corrected chi connectivity index (χ1v) is 9.75. The predicted molar refractivity (Wildman–Crippen MR) is 103 cm³/mol. The fraction of sp³-hybridized carbons (Fsp3) is 0.263. The molecule has 0 amide bonds. The Hall–Kier alpha value is -2.51. The van der Waals surface area contributed by atoms with Gasteiger partial charge < -0.3 is 14.3 Å². The molecule has 0 radical (unpaired) electrons. The van der Waals surface area contributed by atoms with Gasteiger partial charge in [0.1, 0.15) is 0 Å². The van der Waals surface area contributed by atoms with E-state index in [2.05, 4.69) is 15.0 Å². The van der Waals surface area contributed by atoms with Crippen molar-refractivity contribution in [3.8, 4) is 5.69 Å². The molecule has 4 rings (SSSR count). The van der Waals surface area contributed by atoms with E-state index in [1.807, 2.05) is 60.3 Å². The SMILES string of the molecule is COC1C=CN=C(CS(=O)c2nc3ccc(-n4cccc4)cc3[nH]2)C1C. The van der Waals surface area contributed by atoms with E-state index >= 15 is 0 Å². The highest BCUT2D eigenvalue weighted by atomic mass is 32.2. The number of aliphatic imine (C=N–C) groups is 1. The molecule has 7 heteroatoms. The number of imidazole rings is 1. The Morgan fingerprint density at radius 2 is 2.12 bits per heavy atom. The van der Waals surface area contributed by atoms with Crippen LogP contribution in [0.5, 0.6) is 0 Å². The number of rotatable bonds is 5. The molecule has 0 bridgehead atoms. The first kappa shape index (κ1) is 16.9. The van der Waals surface area contributed by atoms with Gasteiger partial charge in [-0.25, -0.2) is 4.98 Å². The smallest absolute Gasteiger partial charge is 0.197 e. The lowest BCUT2D eigenvalue weighted by Crippen LogP contribution is -2.31. The summed E-state index contributed by atoms with van der Waals surface area (Å²) in [6, 6.07) is 9.90. The van der Waals surface area contributed by atoms with Gasteiger partial charge in [0.2, 0.25) is 0 Å². The minimum Gasteiger partial charge on any atom is -0.377 e. The van der Waals surface area contributed by atoms with Crippen LogP contribution in [0.4, 0.5) is 0 Å². The average molecular weight is 368 g/mol. The zero-order valence-corrected chi connectivity index (χ0v) is 15.4. The second kappa shape index (κ2) is 7.01. The molecule has 26 heavy (non-hydrogen) atoms. The molecule has 0 spiro atoms. The van der Waals surface area contributed by atoms with Crippen molar-refractivity contribution in [2.24, 2.45) is 10.9 Å². The van der Waals surface area contributed by atoms with Crippen LogP contribution in [0.25, 0.3) is 16.7 Å². The van der Waals surface area contributed by atoms with Crippen LogP contribution in [-0.4, -0.2) is 43.4 Å². The number of H-pyrrole nitrogens is 1. The number of hydrogen-bond acceptors (Lipinski definition) is 4. The van der Waals surface area contributed by atoms with Crippen LogP contribution in [0.2, 0.25) is 0 Å². The van der Waals surface area contributed by atoms with Gasteiger partial charge in [-0.15, -0.1) is 0 Å². The second-order valence-corrected chi connectivity index (χ2v) is 7.64. The van der Waals surface area contributed by atoms with E-state index in [4.69, 9.17) is 4.74 Å². The maximum atomic E-state index is 12.8. The Morgan fingerprint density at radius 1 is 1.31 bits per heavy atom. The standard InChI is InChI=1S/C19H20N4O2S/c1-13-17(20-8-7-18(13)25-2)12-26(24)19-21-15-6-5-14(11-16(15)22-19)23-9-3-4-10-23/h3-11,13,18H,12H2,1-2H3,(H,21,22). The van der Waals surface area contributed by atoms with Crippen LogP contribution in [0, 0.1) is 5.92 Å². The van der Waals surface area contributed by atoms with Crippen molar-refractivity contribution in [2.75, 3.05) is 12.9 Å². The molecule has 6 nitrogen and oxygen atoms in total. The number of fused-ring (bicyclic) bond motifs is 1. The monoisotopic (exact) mass is 368 g/mol. The number of hydrogen-bond donors (Lipinski definition) is 1. The number of aromatic nitrogens is 3. The number of ether oxygens (including phenoxy) is 1. The Labute approximate surface area is 154 Å². The molecule has 1 aromatic carbocycles. The van der Waals surface area contributed by atoms with Crippen molar-refractivity contribution in [2.45, 2.75) is 18.2 Å². The third-order valence-corrected chi connectivity index (χ3v) is 5.83. The van der Waals surface area contributed by atoms with Gasteiger partial charge in [0.15, 0.2) is 5.16 Å². The summed E-state index contributed by atoms with van der Waals surface area (Å²) in [4.78, 5) is 12.1. The summed E-state index contributed by atoms with van der Waals surface area (Å²) >= 11 is 0. The van der Waals surface area contributed by atoms with Gasteiger partial charge >= 0.3 is 0 Å². The zero-order valence-electron chi connectivity index (χ0n) is 14.6. The highest BCUT2D eigenvalue weighted by Crippen LogP contribution is 2.20. The summed E-state index contributed by atoms with van der Waals surface area (Å²) in [5.74, 6) is 0.439. The van der Waals surface area contributed by atoms with Crippen molar-refractivity contribution in [3.63, 3.8) is 0 Å². The number of nitrogens with zero attached hydrogens (tertiary/aromatic N) is 3. The van der Waals surface area contributed by atoms with Crippen molar-refractivity contribution >= 4 is 27.5 Å². The molecular formula is C19H20N4O2S. The molecule has 1 aliphatic rings. The van der Waals surface area contributed by atoms with Crippen molar-refractivity contribution in [3.05, 3.63) is 55.0 Å². The Bertz CT molecular complexity index is 1000. The van der Waals surface area contributed by atoms with Gasteiger partial charge in [0, 0.05) is 43.0 Å². The fourth-order valence-corrected chi connectivity index (χ4v) is 4.27. The van der Waals surface area contributed by atoms with E-state index in [-0.39, 0.29) is 12.0 Å². The van der Waals surface area contributed by atoms with Gasteiger partial charge in [-0.1, -0.05) is 6.92 Å². The Morgan fingerprint density at radius 3 is 2.88 bits per heavy atom. The lowest BCUT2D eigenvalue weighted by molar-refractivity contribution is 0.117. The summed E-state index contributed by atoms with van der Waals surface area (Å²) in [5.41, 5.74) is 3.57. The number of methoxy groups -OCH3 is 1. The topological polar surface area (TPSA) is 72.3 Å². The minimum atomic E-state index is -1.29. The normalized spacial score (nSPS) is 21.1. The second-order valence-electron chi connectivity index (χ2n) is 6.27. The van der Waals surface area contributed by atoms with Crippen LogP contribution in [-0.2, 0) is 15.5 Å². The molecule has 0 fully saturated rings. The summed E-state index contributed by atoms with van der Waals surface area (Å²) in [5, 5.41) is 0.475.